The fourth-order valence-corrected chi connectivity index (χ4v) is 3.91. The van der Waals surface area contributed by atoms with Gasteiger partial charge in [-0.3, -0.25) is 9.59 Å². The molecule has 2 N–H and O–H groups in total. The van der Waals surface area contributed by atoms with Crippen LogP contribution in [0.15, 0.2) is 24.3 Å². The Balaban J connectivity index is 1.77. The van der Waals surface area contributed by atoms with Crippen LogP contribution in [0.1, 0.15) is 71.1 Å². The van der Waals surface area contributed by atoms with Gasteiger partial charge in [0.1, 0.15) is 5.78 Å². The van der Waals surface area contributed by atoms with Crippen LogP contribution in [0.5, 0.6) is 0 Å². The molecule has 0 heterocycles. The normalized spacial score (nSPS) is 27.6. The molecule has 5 nitrogen and oxygen atoms in total. The Hall–Kier alpha value is -1.46. The Morgan fingerprint density at radius 3 is 2.61 bits per heavy atom. The number of ether oxygens (including phenoxy) is 1. The maximum Gasteiger partial charge on any atom is 0.305 e. The first-order valence-corrected chi connectivity index (χ1v) is 10.6. The van der Waals surface area contributed by atoms with E-state index in [1.807, 2.05) is 31.2 Å². The Labute approximate surface area is 168 Å². The summed E-state index contributed by atoms with van der Waals surface area (Å²) in [7, 11) is 1.38. The van der Waals surface area contributed by atoms with Crippen molar-refractivity contribution >= 4 is 11.8 Å². The number of rotatable bonds is 12. The van der Waals surface area contributed by atoms with Crippen molar-refractivity contribution in [3.8, 4) is 0 Å². The van der Waals surface area contributed by atoms with Crippen LogP contribution in [0.3, 0.4) is 0 Å². The summed E-state index contributed by atoms with van der Waals surface area (Å²) in [6.45, 7) is 1.87. The predicted molar refractivity (Wildman–Crippen MR) is 109 cm³/mol. The number of allylic oxidation sites excluding steroid dienone is 2. The van der Waals surface area contributed by atoms with Gasteiger partial charge in [-0.05, 0) is 51.4 Å². The van der Waals surface area contributed by atoms with Crippen LogP contribution in [0.2, 0.25) is 0 Å². The number of ketones is 1. The number of aliphatic hydroxyl groups is 2. The number of aliphatic hydroxyl groups excluding tert-OH is 1. The minimum Gasteiger partial charge on any atom is -0.469 e. The van der Waals surface area contributed by atoms with E-state index in [1.165, 1.54) is 20.0 Å². The van der Waals surface area contributed by atoms with Gasteiger partial charge in [-0.2, -0.15) is 0 Å². The lowest BCUT2D eigenvalue weighted by molar-refractivity contribution is -0.140. The zero-order chi connectivity index (χ0) is 20.6. The molecule has 0 aliphatic heterocycles. The Morgan fingerprint density at radius 2 is 1.93 bits per heavy atom. The number of esters is 1. The van der Waals surface area contributed by atoms with Gasteiger partial charge in [-0.15, -0.1) is 0 Å². The molecule has 158 valence electrons. The summed E-state index contributed by atoms with van der Waals surface area (Å²) in [6, 6.07) is 0. The van der Waals surface area contributed by atoms with Crippen molar-refractivity contribution in [2.45, 2.75) is 82.8 Å². The summed E-state index contributed by atoms with van der Waals surface area (Å²) in [6.07, 6.45) is 14.8. The molecule has 0 amide bonds. The fourth-order valence-electron chi connectivity index (χ4n) is 3.91. The van der Waals surface area contributed by atoms with Crippen LogP contribution < -0.4 is 0 Å². The number of methoxy groups -OCH3 is 1. The van der Waals surface area contributed by atoms with Gasteiger partial charge < -0.3 is 14.9 Å². The molecule has 0 radical (unpaired) electrons. The van der Waals surface area contributed by atoms with Crippen LogP contribution in [-0.2, 0) is 14.3 Å². The number of carbonyl (C=O) groups is 2. The summed E-state index contributed by atoms with van der Waals surface area (Å²) in [5.41, 5.74) is -0.718. The summed E-state index contributed by atoms with van der Waals surface area (Å²) in [4.78, 5) is 23.3. The van der Waals surface area contributed by atoms with Crippen molar-refractivity contribution in [3.05, 3.63) is 24.3 Å². The van der Waals surface area contributed by atoms with Gasteiger partial charge in [0, 0.05) is 24.7 Å². The standard InChI is InChI=1S/C23H36O5/c1-23(27,15-13-17-11-12-17)14-7-9-19-18(20(24)16-21(19)25)8-5-3-4-6-10-22(26)28-2/h3-4,7,9,17-19,21,25,27H,5-6,8,10-16H2,1-2H3/b4-3-,9-7+/t18-,19-,21-,23-/m1/s1. The van der Waals surface area contributed by atoms with E-state index in [0.29, 0.717) is 25.7 Å². The zero-order valence-corrected chi connectivity index (χ0v) is 17.3. The van der Waals surface area contributed by atoms with Crippen molar-refractivity contribution in [2.75, 3.05) is 7.11 Å². The molecule has 0 spiro atoms. The number of Topliss-reactive ketones (excluding diaryl/α,β-unsaturated/α-hetero) is 1. The topological polar surface area (TPSA) is 83.8 Å². The summed E-state index contributed by atoms with van der Waals surface area (Å²) in [5.74, 6) is 0.348. The van der Waals surface area contributed by atoms with E-state index in [9.17, 15) is 19.8 Å². The first-order chi connectivity index (χ1) is 13.3. The Morgan fingerprint density at radius 1 is 1.21 bits per heavy atom. The molecule has 28 heavy (non-hydrogen) atoms. The summed E-state index contributed by atoms with van der Waals surface area (Å²) in [5, 5.41) is 20.8. The zero-order valence-electron chi connectivity index (χ0n) is 17.3. The maximum absolute atomic E-state index is 12.3. The van der Waals surface area contributed by atoms with E-state index >= 15 is 0 Å². The molecule has 2 aliphatic carbocycles. The van der Waals surface area contributed by atoms with E-state index in [-0.39, 0.29) is 30.0 Å². The number of carbonyl (C=O) groups excluding carboxylic acids is 2. The average Bonchev–Trinajstić information content (AvgIpc) is 3.43. The molecule has 0 aromatic carbocycles. The minimum atomic E-state index is -0.718. The van der Waals surface area contributed by atoms with E-state index in [4.69, 9.17) is 0 Å². The Bertz CT molecular complexity index is 574. The molecule has 2 aliphatic rings. The van der Waals surface area contributed by atoms with Crippen LogP contribution >= 0.6 is 0 Å². The maximum atomic E-state index is 12.3. The molecule has 0 aromatic heterocycles. The highest BCUT2D eigenvalue weighted by molar-refractivity contribution is 5.84. The Kier molecular flexibility index (Phi) is 8.90. The van der Waals surface area contributed by atoms with E-state index in [0.717, 1.165) is 25.2 Å². The highest BCUT2D eigenvalue weighted by atomic mass is 16.5. The van der Waals surface area contributed by atoms with Gasteiger partial charge in [0.25, 0.3) is 0 Å². The fraction of sp³-hybridized carbons (Fsp3) is 0.739. The lowest BCUT2D eigenvalue weighted by Crippen LogP contribution is -2.23. The molecule has 4 atom stereocenters. The molecular weight excluding hydrogens is 356 g/mol. The monoisotopic (exact) mass is 392 g/mol. The van der Waals surface area contributed by atoms with Crippen LogP contribution in [-0.4, -0.2) is 40.8 Å². The van der Waals surface area contributed by atoms with Crippen LogP contribution in [0.25, 0.3) is 0 Å². The van der Waals surface area contributed by atoms with Gasteiger partial charge >= 0.3 is 5.97 Å². The largest absolute Gasteiger partial charge is 0.469 e. The molecule has 0 aromatic rings. The number of hydrogen-bond donors (Lipinski definition) is 2. The van der Waals surface area contributed by atoms with Gasteiger partial charge in [-0.1, -0.05) is 37.1 Å². The average molecular weight is 393 g/mol. The smallest absolute Gasteiger partial charge is 0.305 e. The van der Waals surface area contributed by atoms with Crippen molar-refractivity contribution in [2.24, 2.45) is 17.8 Å². The van der Waals surface area contributed by atoms with Crippen LogP contribution in [0, 0.1) is 17.8 Å². The molecule has 5 heteroatoms. The quantitative estimate of drug-likeness (QED) is 0.390. The van der Waals surface area contributed by atoms with Crippen molar-refractivity contribution in [3.63, 3.8) is 0 Å². The van der Waals surface area contributed by atoms with Crippen LogP contribution in [0.4, 0.5) is 0 Å². The number of hydrogen-bond acceptors (Lipinski definition) is 5. The molecule has 2 rings (SSSR count). The first kappa shape index (κ1) is 22.8. The second-order valence-corrected chi connectivity index (χ2v) is 8.70. The highest BCUT2D eigenvalue weighted by Crippen LogP contribution is 2.37. The predicted octanol–water partition coefficient (Wildman–Crippen LogP) is 3.73. The third-order valence-electron chi connectivity index (χ3n) is 5.99. The van der Waals surface area contributed by atoms with E-state index in [1.54, 1.807) is 0 Å². The molecule has 0 unspecified atom stereocenters. The van der Waals surface area contributed by atoms with Crippen molar-refractivity contribution < 1.29 is 24.5 Å². The highest BCUT2D eigenvalue weighted by Gasteiger charge is 2.39. The van der Waals surface area contributed by atoms with Gasteiger partial charge in [0.05, 0.1) is 18.8 Å². The van der Waals surface area contributed by atoms with Crippen molar-refractivity contribution in [1.29, 1.82) is 0 Å². The van der Waals surface area contributed by atoms with Gasteiger partial charge in [0.15, 0.2) is 0 Å². The SMILES string of the molecule is COC(=O)CC/C=C\CC[C@H]1C(=O)C[C@@H](O)[C@@H]1/C=C/C[C@@](C)(O)CCC1CC1. The molecular formula is C23H36O5. The first-order valence-electron chi connectivity index (χ1n) is 10.6. The minimum absolute atomic E-state index is 0.116. The van der Waals surface area contributed by atoms with Gasteiger partial charge in [0.2, 0.25) is 0 Å². The summed E-state index contributed by atoms with van der Waals surface area (Å²) < 4.78 is 4.60. The van der Waals surface area contributed by atoms with E-state index in [2.05, 4.69) is 4.74 Å². The lowest BCUT2D eigenvalue weighted by Gasteiger charge is -2.22. The third-order valence-corrected chi connectivity index (χ3v) is 5.99. The third kappa shape index (κ3) is 7.88. The molecule has 0 saturated heterocycles. The molecule has 0 bridgehead atoms. The second kappa shape index (κ2) is 10.9. The molecule has 2 fully saturated rings. The molecule has 2 saturated carbocycles. The summed E-state index contributed by atoms with van der Waals surface area (Å²) >= 11 is 0. The van der Waals surface area contributed by atoms with Crippen molar-refractivity contribution in [1.82, 2.24) is 0 Å². The van der Waals surface area contributed by atoms with Gasteiger partial charge in [-0.25, -0.2) is 0 Å². The van der Waals surface area contributed by atoms with E-state index < -0.39 is 11.7 Å². The lowest BCUT2D eigenvalue weighted by atomic mass is 9.88. The second-order valence-electron chi connectivity index (χ2n) is 8.70.